The Morgan fingerprint density at radius 3 is 2.40 bits per heavy atom. The monoisotopic (exact) mass is 339 g/mol. The number of carbonyl (C=O) groups excluding carboxylic acids is 1. The number of carboxylic acid groups (broad SMARTS) is 1. The second-order valence-electron chi connectivity index (χ2n) is 5.62. The van der Waals surface area contributed by atoms with Crippen LogP contribution < -0.4 is 0 Å². The van der Waals surface area contributed by atoms with Crippen LogP contribution in [0.2, 0.25) is 0 Å². The fourth-order valence-corrected chi connectivity index (χ4v) is 2.93. The third-order valence-electron chi connectivity index (χ3n) is 4.09. The zero-order valence-corrected chi connectivity index (χ0v) is 13.2. The second kappa shape index (κ2) is 5.56. The first-order valence-electron chi connectivity index (χ1n) is 6.62. The van der Waals surface area contributed by atoms with Gasteiger partial charge < -0.3 is 10.0 Å². The van der Waals surface area contributed by atoms with Crippen LogP contribution in [0.5, 0.6) is 0 Å². The van der Waals surface area contributed by atoms with Crippen molar-refractivity contribution in [2.75, 3.05) is 13.1 Å². The predicted octanol–water partition coefficient (Wildman–Crippen LogP) is 3.08. The van der Waals surface area contributed by atoms with Gasteiger partial charge in [0, 0.05) is 23.1 Å². The lowest BCUT2D eigenvalue weighted by Crippen LogP contribution is -2.45. The first kappa shape index (κ1) is 15.0. The van der Waals surface area contributed by atoms with E-state index in [1.54, 1.807) is 11.8 Å². The molecule has 4 nitrogen and oxygen atoms in total. The van der Waals surface area contributed by atoms with Gasteiger partial charge in [-0.1, -0.05) is 15.9 Å². The van der Waals surface area contributed by atoms with Gasteiger partial charge in [0.25, 0.3) is 5.91 Å². The lowest BCUT2D eigenvalue weighted by atomic mass is 9.80. The highest BCUT2D eigenvalue weighted by molar-refractivity contribution is 9.10. The van der Waals surface area contributed by atoms with Crippen LogP contribution in [-0.2, 0) is 4.79 Å². The highest BCUT2D eigenvalue weighted by Gasteiger charge is 2.38. The molecular formula is C15H18BrNO3. The number of rotatable bonds is 2. The van der Waals surface area contributed by atoms with Crippen molar-refractivity contribution in [2.24, 2.45) is 5.41 Å². The molecule has 1 amide bonds. The Kier molecular flexibility index (Phi) is 4.18. The fourth-order valence-electron chi connectivity index (χ4n) is 2.45. The summed E-state index contributed by atoms with van der Waals surface area (Å²) >= 11 is 3.38. The van der Waals surface area contributed by atoms with E-state index in [0.29, 0.717) is 31.5 Å². The number of carboxylic acids is 1. The normalized spacial score (nSPS) is 17.9. The summed E-state index contributed by atoms with van der Waals surface area (Å²) in [5.41, 5.74) is 0.911. The third kappa shape index (κ3) is 2.87. The molecule has 1 N–H and O–H groups in total. The summed E-state index contributed by atoms with van der Waals surface area (Å²) in [4.78, 5) is 25.4. The largest absolute Gasteiger partial charge is 0.481 e. The van der Waals surface area contributed by atoms with Gasteiger partial charge in [-0.3, -0.25) is 9.59 Å². The van der Waals surface area contributed by atoms with E-state index in [2.05, 4.69) is 15.9 Å². The molecule has 1 aromatic carbocycles. The van der Waals surface area contributed by atoms with E-state index in [0.717, 1.165) is 10.0 Å². The quantitative estimate of drug-likeness (QED) is 0.900. The molecule has 0 bridgehead atoms. The highest BCUT2D eigenvalue weighted by atomic mass is 79.9. The van der Waals surface area contributed by atoms with Crippen LogP contribution in [0.25, 0.3) is 0 Å². The fraction of sp³-hybridized carbons (Fsp3) is 0.467. The summed E-state index contributed by atoms with van der Waals surface area (Å²) in [5.74, 6) is -0.785. The minimum atomic E-state index is -0.774. The van der Waals surface area contributed by atoms with Crippen molar-refractivity contribution in [1.82, 2.24) is 4.90 Å². The van der Waals surface area contributed by atoms with E-state index in [-0.39, 0.29) is 5.91 Å². The zero-order chi connectivity index (χ0) is 14.9. The van der Waals surface area contributed by atoms with Crippen LogP contribution in [0.1, 0.15) is 35.7 Å². The molecule has 0 spiro atoms. The summed E-state index contributed by atoms with van der Waals surface area (Å²) in [7, 11) is 0. The standard InChI is InChI=1S/C15H18BrNO3/c1-10-9-11(16)3-4-12(10)13(18)17-7-5-15(2,6-8-17)14(19)20/h3-4,9H,5-8H2,1-2H3,(H,19,20). The number of hydrogen-bond acceptors (Lipinski definition) is 2. The number of piperidine rings is 1. The van der Waals surface area contributed by atoms with Gasteiger partial charge in [-0.2, -0.15) is 0 Å². The van der Waals surface area contributed by atoms with Crippen LogP contribution in [0.4, 0.5) is 0 Å². The molecule has 0 saturated carbocycles. The predicted molar refractivity (Wildman–Crippen MR) is 79.8 cm³/mol. The van der Waals surface area contributed by atoms with Crippen molar-refractivity contribution in [2.45, 2.75) is 26.7 Å². The number of likely N-dealkylation sites (tertiary alicyclic amines) is 1. The number of benzene rings is 1. The third-order valence-corrected chi connectivity index (χ3v) is 4.58. The summed E-state index contributed by atoms with van der Waals surface area (Å²) in [6, 6.07) is 5.58. The van der Waals surface area contributed by atoms with Gasteiger partial charge in [0.05, 0.1) is 5.41 Å². The molecule has 1 heterocycles. The minimum Gasteiger partial charge on any atom is -0.481 e. The van der Waals surface area contributed by atoms with Gasteiger partial charge in [0.15, 0.2) is 0 Å². The first-order valence-corrected chi connectivity index (χ1v) is 7.42. The Hall–Kier alpha value is -1.36. The molecule has 1 aromatic rings. The maximum absolute atomic E-state index is 12.5. The Balaban J connectivity index is 2.11. The lowest BCUT2D eigenvalue weighted by molar-refractivity contribution is -0.150. The number of aryl methyl sites for hydroxylation is 1. The molecule has 1 aliphatic rings. The molecule has 2 rings (SSSR count). The van der Waals surface area contributed by atoms with E-state index in [1.807, 2.05) is 25.1 Å². The topological polar surface area (TPSA) is 57.6 Å². The number of hydrogen-bond donors (Lipinski definition) is 1. The van der Waals surface area contributed by atoms with E-state index in [1.165, 1.54) is 0 Å². The molecule has 0 aliphatic carbocycles. The van der Waals surface area contributed by atoms with Crippen LogP contribution in [0.15, 0.2) is 22.7 Å². The molecule has 0 unspecified atom stereocenters. The number of carbonyl (C=O) groups is 2. The Morgan fingerprint density at radius 2 is 1.90 bits per heavy atom. The van der Waals surface area contributed by atoms with Gasteiger partial charge in [0.1, 0.15) is 0 Å². The number of aliphatic carboxylic acids is 1. The summed E-state index contributed by atoms with van der Waals surface area (Å²) in [5, 5.41) is 9.21. The molecule has 1 fully saturated rings. The minimum absolute atomic E-state index is 0.0116. The molecule has 5 heteroatoms. The van der Waals surface area contributed by atoms with Gasteiger partial charge >= 0.3 is 5.97 Å². The van der Waals surface area contributed by atoms with Gasteiger partial charge in [-0.05, 0) is 50.5 Å². The summed E-state index contributed by atoms with van der Waals surface area (Å²) in [6.07, 6.45) is 1.01. The maximum atomic E-state index is 12.5. The summed E-state index contributed by atoms with van der Waals surface area (Å²) in [6.45, 7) is 4.65. The van der Waals surface area contributed by atoms with Crippen molar-refractivity contribution in [3.63, 3.8) is 0 Å². The lowest BCUT2D eigenvalue weighted by Gasteiger charge is -2.36. The van der Waals surface area contributed by atoms with Gasteiger partial charge in [-0.15, -0.1) is 0 Å². The molecule has 0 aromatic heterocycles. The van der Waals surface area contributed by atoms with Crippen LogP contribution in [0, 0.1) is 12.3 Å². The molecule has 0 atom stereocenters. The molecule has 20 heavy (non-hydrogen) atoms. The van der Waals surface area contributed by atoms with Crippen LogP contribution in [0.3, 0.4) is 0 Å². The van der Waals surface area contributed by atoms with E-state index < -0.39 is 11.4 Å². The maximum Gasteiger partial charge on any atom is 0.309 e. The summed E-state index contributed by atoms with van der Waals surface area (Å²) < 4.78 is 0.948. The number of nitrogens with zero attached hydrogens (tertiary/aromatic N) is 1. The average Bonchev–Trinajstić information content (AvgIpc) is 2.38. The molecule has 108 valence electrons. The molecule has 1 aliphatic heterocycles. The van der Waals surface area contributed by atoms with E-state index in [4.69, 9.17) is 0 Å². The zero-order valence-electron chi connectivity index (χ0n) is 11.6. The van der Waals surface area contributed by atoms with Crippen molar-refractivity contribution < 1.29 is 14.7 Å². The van der Waals surface area contributed by atoms with Gasteiger partial charge in [-0.25, -0.2) is 0 Å². The smallest absolute Gasteiger partial charge is 0.309 e. The van der Waals surface area contributed by atoms with Crippen LogP contribution >= 0.6 is 15.9 Å². The Bertz CT molecular complexity index is 548. The molecule has 1 saturated heterocycles. The van der Waals surface area contributed by atoms with Crippen molar-refractivity contribution in [3.8, 4) is 0 Å². The van der Waals surface area contributed by atoms with Crippen molar-refractivity contribution in [1.29, 1.82) is 0 Å². The average molecular weight is 340 g/mol. The van der Waals surface area contributed by atoms with E-state index >= 15 is 0 Å². The van der Waals surface area contributed by atoms with E-state index in [9.17, 15) is 14.7 Å². The van der Waals surface area contributed by atoms with Crippen molar-refractivity contribution >= 4 is 27.8 Å². The number of halogens is 1. The van der Waals surface area contributed by atoms with Crippen molar-refractivity contribution in [3.05, 3.63) is 33.8 Å². The highest BCUT2D eigenvalue weighted by Crippen LogP contribution is 2.32. The van der Waals surface area contributed by atoms with Gasteiger partial charge in [0.2, 0.25) is 0 Å². The second-order valence-corrected chi connectivity index (χ2v) is 6.53. The Labute approximate surface area is 126 Å². The van der Waals surface area contributed by atoms with Crippen LogP contribution in [-0.4, -0.2) is 35.0 Å². The molecule has 0 radical (unpaired) electrons. The first-order chi connectivity index (χ1) is 9.33. The molecular weight excluding hydrogens is 322 g/mol. The Morgan fingerprint density at radius 1 is 1.30 bits per heavy atom. The number of amides is 1. The SMILES string of the molecule is Cc1cc(Br)ccc1C(=O)N1CCC(C)(C(=O)O)CC1.